The molecule has 3 aromatic carbocycles. The summed E-state index contributed by atoms with van der Waals surface area (Å²) in [6, 6.07) is 26.9. The first-order chi connectivity index (χ1) is 21.7. The van der Waals surface area contributed by atoms with E-state index in [1.807, 2.05) is 84.9 Å². The van der Waals surface area contributed by atoms with Gasteiger partial charge in [-0.1, -0.05) is 84.9 Å². The van der Waals surface area contributed by atoms with Crippen molar-refractivity contribution < 1.29 is 19.2 Å². The van der Waals surface area contributed by atoms with Crippen LogP contribution in [0.15, 0.2) is 84.9 Å². The number of aryl methyl sites for hydroxylation is 2. The first-order valence-corrected chi connectivity index (χ1v) is 15.4. The Morgan fingerprint density at radius 3 is 1.56 bits per heavy atom. The molecular formula is C35H46N6O4. The predicted octanol–water partition coefficient (Wildman–Crippen LogP) is 3.81. The van der Waals surface area contributed by atoms with E-state index in [0.717, 1.165) is 22.3 Å². The lowest BCUT2D eigenvalue weighted by atomic mass is 10.1. The third-order valence-electron chi connectivity index (χ3n) is 7.53. The molecule has 0 radical (unpaired) electrons. The highest BCUT2D eigenvalue weighted by Gasteiger charge is 2.13. The van der Waals surface area contributed by atoms with Crippen molar-refractivity contribution in [1.29, 1.82) is 0 Å². The molecule has 0 saturated heterocycles. The Morgan fingerprint density at radius 1 is 0.533 bits per heavy atom. The van der Waals surface area contributed by atoms with Gasteiger partial charge in [-0.25, -0.2) is 9.59 Å². The molecule has 0 aliphatic heterocycles. The smallest absolute Gasteiger partial charge is 0.317 e. The minimum atomic E-state index is -0.316. The van der Waals surface area contributed by atoms with Crippen molar-refractivity contribution in [3.63, 3.8) is 0 Å². The molecule has 0 fully saturated rings. The van der Waals surface area contributed by atoms with Crippen LogP contribution >= 0.6 is 0 Å². The van der Waals surface area contributed by atoms with Crippen molar-refractivity contribution in [3.8, 4) is 0 Å². The number of hydrogen-bond acceptors (Lipinski definition) is 4. The van der Waals surface area contributed by atoms with Crippen LogP contribution in [-0.2, 0) is 35.5 Å². The minimum absolute atomic E-state index is 0.0353. The van der Waals surface area contributed by atoms with Crippen LogP contribution in [0.25, 0.3) is 0 Å². The Hall–Kier alpha value is -4.86. The van der Waals surface area contributed by atoms with Crippen molar-refractivity contribution in [2.45, 2.75) is 38.8 Å². The molecule has 6 amide bonds. The normalized spacial score (nSPS) is 10.5. The number of carbonyl (C=O) groups is 4. The van der Waals surface area contributed by atoms with Gasteiger partial charge in [0.25, 0.3) is 0 Å². The predicted molar refractivity (Wildman–Crippen MR) is 176 cm³/mol. The minimum Gasteiger partial charge on any atom is -0.344 e. The fourth-order valence-electron chi connectivity index (χ4n) is 4.57. The molecule has 3 N–H and O–H groups in total. The van der Waals surface area contributed by atoms with Gasteiger partial charge in [-0.2, -0.15) is 0 Å². The Morgan fingerprint density at radius 2 is 1.00 bits per heavy atom. The molecule has 0 aliphatic carbocycles. The second kappa shape index (κ2) is 18.7. The summed E-state index contributed by atoms with van der Waals surface area (Å²) in [5.41, 5.74) is 4.05. The summed E-state index contributed by atoms with van der Waals surface area (Å²) >= 11 is 0. The number of benzene rings is 3. The van der Waals surface area contributed by atoms with E-state index >= 15 is 0 Å². The van der Waals surface area contributed by atoms with Gasteiger partial charge in [0.2, 0.25) is 11.8 Å². The second-order valence-corrected chi connectivity index (χ2v) is 11.1. The molecule has 0 aromatic heterocycles. The lowest BCUT2D eigenvalue weighted by molar-refractivity contribution is -0.130. The molecule has 0 bridgehead atoms. The molecule has 10 heteroatoms. The maximum absolute atomic E-state index is 12.6. The van der Waals surface area contributed by atoms with Crippen LogP contribution in [0.3, 0.4) is 0 Å². The van der Waals surface area contributed by atoms with E-state index in [1.54, 1.807) is 35.8 Å². The average Bonchev–Trinajstić information content (AvgIpc) is 3.07. The molecule has 240 valence electrons. The number of nitrogens with one attached hydrogen (secondary N) is 3. The number of rotatable bonds is 16. The molecule has 0 atom stereocenters. The van der Waals surface area contributed by atoms with Crippen molar-refractivity contribution in [2.75, 3.05) is 47.3 Å². The van der Waals surface area contributed by atoms with Crippen molar-refractivity contribution >= 4 is 23.9 Å². The van der Waals surface area contributed by atoms with E-state index in [-0.39, 0.29) is 23.9 Å². The van der Waals surface area contributed by atoms with Gasteiger partial charge in [0.05, 0.1) is 0 Å². The summed E-state index contributed by atoms with van der Waals surface area (Å²) in [4.78, 5) is 54.6. The zero-order valence-electron chi connectivity index (χ0n) is 26.6. The van der Waals surface area contributed by atoms with E-state index in [0.29, 0.717) is 65.0 Å². The van der Waals surface area contributed by atoms with E-state index in [9.17, 15) is 19.2 Å². The lowest BCUT2D eigenvalue weighted by Gasteiger charge is -2.23. The number of hydrogen-bond donors (Lipinski definition) is 3. The number of nitrogens with zero attached hydrogens (tertiary/aromatic N) is 3. The third kappa shape index (κ3) is 13.1. The maximum atomic E-state index is 12.6. The highest BCUT2D eigenvalue weighted by atomic mass is 16.2. The highest BCUT2D eigenvalue weighted by Crippen LogP contribution is 2.07. The van der Waals surface area contributed by atoms with Crippen LogP contribution < -0.4 is 16.0 Å². The lowest BCUT2D eigenvalue weighted by Crippen LogP contribution is -2.42. The average molecular weight is 615 g/mol. The van der Waals surface area contributed by atoms with Gasteiger partial charge in [0, 0.05) is 73.3 Å². The maximum Gasteiger partial charge on any atom is 0.317 e. The third-order valence-corrected chi connectivity index (χ3v) is 7.53. The fraction of sp³-hybridized carbons (Fsp3) is 0.371. The molecule has 10 nitrogen and oxygen atoms in total. The van der Waals surface area contributed by atoms with E-state index in [4.69, 9.17) is 0 Å². The van der Waals surface area contributed by atoms with Gasteiger partial charge in [-0.05, 0) is 35.1 Å². The quantitative estimate of drug-likeness (QED) is 0.228. The summed E-state index contributed by atoms with van der Waals surface area (Å²) < 4.78 is 0. The highest BCUT2D eigenvalue weighted by molar-refractivity contribution is 5.77. The summed E-state index contributed by atoms with van der Waals surface area (Å²) in [7, 11) is 5.20. The Bertz CT molecular complexity index is 1370. The molecule has 0 aliphatic rings. The topological polar surface area (TPSA) is 114 Å². The molecule has 3 aromatic rings. The number of amides is 6. The number of carbonyl (C=O) groups excluding carboxylic acids is 4. The van der Waals surface area contributed by atoms with Crippen LogP contribution in [0.1, 0.15) is 35.1 Å². The summed E-state index contributed by atoms with van der Waals surface area (Å²) in [6.07, 6.45) is 2.23. The van der Waals surface area contributed by atoms with Crippen LogP contribution in [0.4, 0.5) is 9.59 Å². The van der Waals surface area contributed by atoms with Gasteiger partial charge in [-0.15, -0.1) is 0 Å². The van der Waals surface area contributed by atoms with E-state index in [1.165, 1.54) is 0 Å². The second-order valence-electron chi connectivity index (χ2n) is 11.1. The standard InChI is InChI=1S/C35H46N6O4/c1-39(32(42)19-17-28-11-6-4-7-12-28)22-21-36-34(44)37-26-30-15-10-16-31(25-30)27-38-35(45)41(3)24-23-40(2)33(43)20-18-29-13-8-5-9-14-29/h4-16,25H,17-24,26-27H2,1-3H3,(H,38,45)(H2,36,37,44). The number of urea groups is 2. The zero-order valence-corrected chi connectivity index (χ0v) is 26.6. The van der Waals surface area contributed by atoms with Gasteiger partial charge in [0.15, 0.2) is 0 Å². The first-order valence-electron chi connectivity index (χ1n) is 15.4. The summed E-state index contributed by atoms with van der Waals surface area (Å²) in [5, 5.41) is 8.53. The SMILES string of the molecule is CN(CCNC(=O)NCc1cccc(CNC(=O)N(C)CCN(C)C(=O)CCc2ccccc2)c1)C(=O)CCc1ccccc1. The van der Waals surface area contributed by atoms with Crippen molar-refractivity contribution in [1.82, 2.24) is 30.7 Å². The molecule has 0 heterocycles. The van der Waals surface area contributed by atoms with Gasteiger partial charge >= 0.3 is 12.1 Å². The number of likely N-dealkylation sites (N-methyl/N-ethyl adjacent to an activating group) is 3. The Balaban J connectivity index is 1.29. The van der Waals surface area contributed by atoms with Gasteiger partial charge < -0.3 is 30.7 Å². The Kier molecular flexibility index (Phi) is 14.4. The van der Waals surface area contributed by atoms with E-state index in [2.05, 4.69) is 16.0 Å². The molecule has 0 spiro atoms. The van der Waals surface area contributed by atoms with Crippen LogP contribution in [0, 0.1) is 0 Å². The molecule has 45 heavy (non-hydrogen) atoms. The fourth-order valence-corrected chi connectivity index (χ4v) is 4.57. The van der Waals surface area contributed by atoms with Crippen molar-refractivity contribution in [2.24, 2.45) is 0 Å². The van der Waals surface area contributed by atoms with E-state index < -0.39 is 0 Å². The molecule has 0 saturated carbocycles. The van der Waals surface area contributed by atoms with Crippen molar-refractivity contribution in [3.05, 3.63) is 107 Å². The summed E-state index contributed by atoms with van der Waals surface area (Å²) in [6.45, 7) is 2.28. The van der Waals surface area contributed by atoms with Crippen LogP contribution in [0.2, 0.25) is 0 Å². The molecule has 3 rings (SSSR count). The Labute approximate surface area is 266 Å². The first kappa shape index (κ1) is 34.6. The monoisotopic (exact) mass is 614 g/mol. The largest absolute Gasteiger partial charge is 0.344 e. The molecule has 0 unspecified atom stereocenters. The molecular weight excluding hydrogens is 568 g/mol. The van der Waals surface area contributed by atoms with Gasteiger partial charge in [0.1, 0.15) is 0 Å². The van der Waals surface area contributed by atoms with Crippen LogP contribution in [0.5, 0.6) is 0 Å². The van der Waals surface area contributed by atoms with Crippen LogP contribution in [-0.4, -0.2) is 85.9 Å². The van der Waals surface area contributed by atoms with Gasteiger partial charge in [-0.3, -0.25) is 9.59 Å². The zero-order chi connectivity index (χ0) is 32.4. The summed E-state index contributed by atoms with van der Waals surface area (Å²) in [5.74, 6) is 0.0804.